The number of pyridine rings is 1. The van der Waals surface area contributed by atoms with Crippen LogP contribution in [0.25, 0.3) is 0 Å². The lowest BCUT2D eigenvalue weighted by Crippen LogP contribution is -2.26. The number of nitrogens with one attached hydrogen (secondary N) is 1. The largest absolute Gasteiger partial charge is 0.243 e. The summed E-state index contributed by atoms with van der Waals surface area (Å²) in [5, 5.41) is 0.255. The minimum absolute atomic E-state index is 0.0888. The second-order valence-corrected chi connectivity index (χ2v) is 7.23. The van der Waals surface area contributed by atoms with Gasteiger partial charge in [0.1, 0.15) is 10.0 Å². The SMILES string of the molecule is C[C@H](NS(=O)(=O)c1ccc(Cl)nc1)c1ccc(Br)cc1. The maximum atomic E-state index is 12.2. The van der Waals surface area contributed by atoms with Gasteiger partial charge in [0.15, 0.2) is 0 Å². The fraction of sp³-hybridized carbons (Fsp3) is 0.154. The van der Waals surface area contributed by atoms with Crippen molar-refractivity contribution in [1.29, 1.82) is 0 Å². The van der Waals surface area contributed by atoms with E-state index in [1.54, 1.807) is 6.92 Å². The van der Waals surface area contributed by atoms with Crippen LogP contribution in [-0.2, 0) is 10.0 Å². The molecule has 0 unspecified atom stereocenters. The molecule has 2 rings (SSSR count). The predicted molar refractivity (Wildman–Crippen MR) is 82.1 cm³/mol. The molecule has 7 heteroatoms. The molecule has 20 heavy (non-hydrogen) atoms. The number of sulfonamides is 1. The van der Waals surface area contributed by atoms with Crippen LogP contribution in [0.5, 0.6) is 0 Å². The van der Waals surface area contributed by atoms with E-state index < -0.39 is 10.0 Å². The summed E-state index contributed by atoms with van der Waals surface area (Å²) in [5.74, 6) is 0. The summed E-state index contributed by atoms with van der Waals surface area (Å²) in [6.45, 7) is 1.78. The minimum Gasteiger partial charge on any atom is -0.243 e. The molecule has 2 aromatic rings. The van der Waals surface area contributed by atoms with Gasteiger partial charge in [-0.25, -0.2) is 18.1 Å². The maximum Gasteiger partial charge on any atom is 0.242 e. The van der Waals surface area contributed by atoms with Crippen molar-refractivity contribution in [3.05, 3.63) is 57.8 Å². The first-order valence-corrected chi connectivity index (χ1v) is 8.43. The van der Waals surface area contributed by atoms with E-state index in [0.29, 0.717) is 0 Å². The lowest BCUT2D eigenvalue weighted by atomic mass is 10.1. The fourth-order valence-corrected chi connectivity index (χ4v) is 3.19. The van der Waals surface area contributed by atoms with Gasteiger partial charge in [0.2, 0.25) is 10.0 Å². The van der Waals surface area contributed by atoms with Crippen molar-refractivity contribution in [2.24, 2.45) is 0 Å². The lowest BCUT2D eigenvalue weighted by Gasteiger charge is -2.14. The molecule has 0 radical (unpaired) electrons. The van der Waals surface area contributed by atoms with Crippen LogP contribution >= 0.6 is 27.5 Å². The van der Waals surface area contributed by atoms with E-state index in [2.05, 4.69) is 25.6 Å². The van der Waals surface area contributed by atoms with Gasteiger partial charge in [-0.05, 0) is 36.8 Å². The number of nitrogens with zero attached hydrogens (tertiary/aromatic N) is 1. The van der Waals surface area contributed by atoms with Gasteiger partial charge in [-0.3, -0.25) is 0 Å². The third-order valence-corrected chi connectivity index (χ3v) is 4.99. The molecular formula is C13H12BrClN2O2S. The number of benzene rings is 1. The summed E-state index contributed by atoms with van der Waals surface area (Å²) < 4.78 is 27.9. The van der Waals surface area contributed by atoms with E-state index in [1.165, 1.54) is 18.3 Å². The van der Waals surface area contributed by atoms with Crippen LogP contribution in [0.4, 0.5) is 0 Å². The molecule has 1 atom stereocenters. The molecule has 1 aromatic carbocycles. The van der Waals surface area contributed by atoms with Gasteiger partial charge in [-0.1, -0.05) is 39.7 Å². The van der Waals surface area contributed by atoms with Gasteiger partial charge < -0.3 is 0 Å². The summed E-state index contributed by atoms with van der Waals surface area (Å²) in [7, 11) is -3.62. The van der Waals surface area contributed by atoms with Crippen molar-refractivity contribution in [3.63, 3.8) is 0 Å². The highest BCUT2D eigenvalue weighted by Gasteiger charge is 2.18. The average Bonchev–Trinajstić information content (AvgIpc) is 2.39. The van der Waals surface area contributed by atoms with E-state index in [9.17, 15) is 8.42 Å². The zero-order chi connectivity index (χ0) is 14.8. The van der Waals surface area contributed by atoms with Crippen LogP contribution in [0.3, 0.4) is 0 Å². The molecule has 106 valence electrons. The highest BCUT2D eigenvalue weighted by Crippen LogP contribution is 2.19. The van der Waals surface area contributed by atoms with Gasteiger partial charge in [-0.2, -0.15) is 0 Å². The van der Waals surface area contributed by atoms with E-state index in [0.717, 1.165) is 10.0 Å². The summed E-state index contributed by atoms with van der Waals surface area (Å²) >= 11 is 8.99. The van der Waals surface area contributed by atoms with E-state index >= 15 is 0 Å². The zero-order valence-electron chi connectivity index (χ0n) is 10.5. The number of aromatic nitrogens is 1. The molecule has 1 N–H and O–H groups in total. The quantitative estimate of drug-likeness (QED) is 0.832. The minimum atomic E-state index is -3.62. The third kappa shape index (κ3) is 3.79. The number of halogens is 2. The van der Waals surface area contributed by atoms with Crippen LogP contribution < -0.4 is 4.72 Å². The number of hydrogen-bond donors (Lipinski definition) is 1. The molecule has 1 heterocycles. The van der Waals surface area contributed by atoms with Crippen molar-refractivity contribution in [1.82, 2.24) is 9.71 Å². The standard InChI is InChI=1S/C13H12BrClN2O2S/c1-9(10-2-4-11(14)5-3-10)17-20(18,19)12-6-7-13(15)16-8-12/h2-9,17H,1H3/t9-/m0/s1. The molecule has 0 spiro atoms. The molecule has 1 aromatic heterocycles. The van der Waals surface area contributed by atoms with Crippen molar-refractivity contribution in [3.8, 4) is 0 Å². The molecule has 0 aliphatic rings. The summed E-state index contributed by atoms with van der Waals surface area (Å²) in [5.41, 5.74) is 0.874. The number of rotatable bonds is 4. The van der Waals surface area contributed by atoms with Gasteiger partial charge in [0, 0.05) is 16.7 Å². The Morgan fingerprint density at radius 3 is 2.40 bits per heavy atom. The normalized spacial score (nSPS) is 13.2. The summed E-state index contributed by atoms with van der Waals surface area (Å²) in [6.07, 6.45) is 1.24. The molecule has 0 aliphatic carbocycles. The number of hydrogen-bond acceptors (Lipinski definition) is 3. The van der Waals surface area contributed by atoms with Crippen molar-refractivity contribution >= 4 is 37.6 Å². The molecular weight excluding hydrogens is 364 g/mol. The Balaban J connectivity index is 2.19. The Bertz CT molecular complexity index is 687. The van der Waals surface area contributed by atoms with Crippen LogP contribution in [0.2, 0.25) is 5.15 Å². The summed E-state index contributed by atoms with van der Waals surface area (Å²) in [4.78, 5) is 3.87. The fourth-order valence-electron chi connectivity index (χ4n) is 1.64. The van der Waals surface area contributed by atoms with E-state index in [1.807, 2.05) is 24.3 Å². The molecule has 0 aliphatic heterocycles. The van der Waals surface area contributed by atoms with Gasteiger partial charge in [0.05, 0.1) is 0 Å². The van der Waals surface area contributed by atoms with Gasteiger partial charge >= 0.3 is 0 Å². The van der Waals surface area contributed by atoms with E-state index in [4.69, 9.17) is 11.6 Å². The van der Waals surface area contributed by atoms with Crippen LogP contribution in [-0.4, -0.2) is 13.4 Å². The monoisotopic (exact) mass is 374 g/mol. The first kappa shape index (κ1) is 15.4. The van der Waals surface area contributed by atoms with Crippen LogP contribution in [0, 0.1) is 0 Å². The Kier molecular flexibility index (Phi) is 4.80. The lowest BCUT2D eigenvalue weighted by molar-refractivity contribution is 0.566. The van der Waals surface area contributed by atoms with Crippen LogP contribution in [0.15, 0.2) is 52.0 Å². The van der Waals surface area contributed by atoms with Crippen molar-refractivity contribution in [2.45, 2.75) is 17.9 Å². The van der Waals surface area contributed by atoms with Crippen molar-refractivity contribution < 1.29 is 8.42 Å². The Morgan fingerprint density at radius 1 is 1.20 bits per heavy atom. The topological polar surface area (TPSA) is 59.1 Å². The molecule has 0 saturated carbocycles. The highest BCUT2D eigenvalue weighted by atomic mass is 79.9. The van der Waals surface area contributed by atoms with Crippen LogP contribution in [0.1, 0.15) is 18.5 Å². The van der Waals surface area contributed by atoms with Gasteiger partial charge in [0.25, 0.3) is 0 Å². The third-order valence-electron chi connectivity index (χ3n) is 2.71. The molecule has 0 amide bonds. The predicted octanol–water partition coefficient (Wildman–Crippen LogP) is 3.54. The smallest absolute Gasteiger partial charge is 0.242 e. The molecule has 4 nitrogen and oxygen atoms in total. The second-order valence-electron chi connectivity index (χ2n) is 4.21. The Morgan fingerprint density at radius 2 is 1.85 bits per heavy atom. The zero-order valence-corrected chi connectivity index (χ0v) is 13.7. The Hall–Kier alpha value is -0.950. The highest BCUT2D eigenvalue weighted by molar-refractivity contribution is 9.10. The Labute approximate surface area is 131 Å². The van der Waals surface area contributed by atoms with Gasteiger partial charge in [-0.15, -0.1) is 0 Å². The maximum absolute atomic E-state index is 12.2. The summed E-state index contributed by atoms with van der Waals surface area (Å²) in [6, 6.07) is 9.97. The first-order valence-electron chi connectivity index (χ1n) is 5.78. The molecule has 0 fully saturated rings. The van der Waals surface area contributed by atoms with E-state index in [-0.39, 0.29) is 16.1 Å². The molecule has 0 bridgehead atoms. The van der Waals surface area contributed by atoms with Crippen molar-refractivity contribution in [2.75, 3.05) is 0 Å². The average molecular weight is 376 g/mol. The first-order chi connectivity index (χ1) is 9.38. The molecule has 0 saturated heterocycles. The second kappa shape index (κ2) is 6.22.